The fourth-order valence-corrected chi connectivity index (χ4v) is 2.96. The van der Waals surface area contributed by atoms with Crippen LogP contribution in [0.25, 0.3) is 0 Å². The number of rotatable bonds is 7. The lowest BCUT2D eigenvalue weighted by atomic mass is 10.2. The minimum absolute atomic E-state index is 0.0890. The van der Waals surface area contributed by atoms with Crippen molar-refractivity contribution in [1.29, 1.82) is 0 Å². The van der Waals surface area contributed by atoms with Gasteiger partial charge in [-0.1, -0.05) is 0 Å². The van der Waals surface area contributed by atoms with Gasteiger partial charge in [0.05, 0.1) is 13.7 Å². The third-order valence-electron chi connectivity index (χ3n) is 4.45. The van der Waals surface area contributed by atoms with E-state index in [1.807, 2.05) is 0 Å². The molecule has 3 amide bonds. The summed E-state index contributed by atoms with van der Waals surface area (Å²) in [5.41, 5.74) is 0.415. The Morgan fingerprint density at radius 2 is 1.68 bits per heavy atom. The summed E-state index contributed by atoms with van der Waals surface area (Å²) < 4.78 is 23.7. The fourth-order valence-electron chi connectivity index (χ4n) is 2.96. The van der Waals surface area contributed by atoms with E-state index in [0.717, 1.165) is 4.90 Å². The number of anilines is 1. The smallest absolute Gasteiger partial charge is 0.332 e. The van der Waals surface area contributed by atoms with Crippen molar-refractivity contribution in [3.05, 3.63) is 54.3 Å². The molecule has 2 atom stereocenters. The van der Waals surface area contributed by atoms with Crippen LogP contribution in [0.15, 0.2) is 48.5 Å². The molecule has 0 spiro atoms. The number of benzene rings is 2. The van der Waals surface area contributed by atoms with Crippen molar-refractivity contribution in [2.45, 2.75) is 19.1 Å². The Balaban J connectivity index is 1.61. The maximum atomic E-state index is 13.1. The van der Waals surface area contributed by atoms with Crippen LogP contribution in [-0.2, 0) is 4.79 Å². The van der Waals surface area contributed by atoms with Crippen LogP contribution in [0.4, 0.5) is 14.9 Å². The number of amides is 3. The minimum Gasteiger partial charge on any atom is -0.497 e. The van der Waals surface area contributed by atoms with E-state index >= 15 is 0 Å². The molecule has 1 fully saturated rings. The summed E-state index contributed by atoms with van der Waals surface area (Å²) in [6, 6.07) is 10.8. The average Bonchev–Trinajstić information content (AvgIpc) is 2.91. The Morgan fingerprint density at radius 1 is 1.07 bits per heavy atom. The summed E-state index contributed by atoms with van der Waals surface area (Å²) in [5.74, 6) is 0.339. The molecule has 28 heavy (non-hydrogen) atoms. The van der Waals surface area contributed by atoms with Crippen molar-refractivity contribution in [2.75, 3.05) is 25.2 Å². The standard InChI is InChI=1S/C20H21FN2O5/c1-13-19(25)22(20(26)23(13)15-5-3-14(21)4-6-15)11-16(24)12-28-18-9-7-17(27-2)8-10-18/h3-10,13,16,24H,11-12H2,1-2H3. The number of hydrogen-bond acceptors (Lipinski definition) is 5. The Bertz CT molecular complexity index is 841. The molecular weight excluding hydrogens is 367 g/mol. The number of aliphatic hydroxyl groups excluding tert-OH is 1. The largest absolute Gasteiger partial charge is 0.497 e. The maximum Gasteiger partial charge on any atom is 0.332 e. The first-order valence-corrected chi connectivity index (χ1v) is 8.75. The van der Waals surface area contributed by atoms with Crippen LogP contribution in [0.5, 0.6) is 11.5 Å². The number of imide groups is 1. The molecular formula is C20H21FN2O5. The molecule has 1 aliphatic heterocycles. The highest BCUT2D eigenvalue weighted by molar-refractivity contribution is 6.14. The van der Waals surface area contributed by atoms with E-state index in [1.54, 1.807) is 38.3 Å². The molecule has 1 saturated heterocycles. The molecule has 2 aromatic carbocycles. The van der Waals surface area contributed by atoms with E-state index in [-0.39, 0.29) is 13.2 Å². The molecule has 148 valence electrons. The van der Waals surface area contributed by atoms with Gasteiger partial charge in [0, 0.05) is 5.69 Å². The highest BCUT2D eigenvalue weighted by Crippen LogP contribution is 2.26. The van der Waals surface area contributed by atoms with E-state index in [4.69, 9.17) is 9.47 Å². The number of aliphatic hydroxyl groups is 1. The highest BCUT2D eigenvalue weighted by atomic mass is 19.1. The summed E-state index contributed by atoms with van der Waals surface area (Å²) >= 11 is 0. The first-order chi connectivity index (χ1) is 13.4. The molecule has 7 nitrogen and oxygen atoms in total. The van der Waals surface area contributed by atoms with Gasteiger partial charge >= 0.3 is 6.03 Å². The second kappa shape index (κ2) is 8.26. The van der Waals surface area contributed by atoms with Crippen molar-refractivity contribution >= 4 is 17.6 Å². The van der Waals surface area contributed by atoms with Gasteiger partial charge in [-0.15, -0.1) is 0 Å². The van der Waals surface area contributed by atoms with Crippen LogP contribution in [0, 0.1) is 5.82 Å². The molecule has 2 aromatic rings. The molecule has 1 heterocycles. The number of ether oxygens (including phenoxy) is 2. The first kappa shape index (κ1) is 19.6. The van der Waals surface area contributed by atoms with Crippen LogP contribution < -0.4 is 14.4 Å². The second-order valence-corrected chi connectivity index (χ2v) is 6.39. The number of methoxy groups -OCH3 is 1. The summed E-state index contributed by atoms with van der Waals surface area (Å²) in [6.07, 6.45) is -1.06. The number of carbonyl (C=O) groups is 2. The Labute approximate surface area is 161 Å². The molecule has 1 N–H and O–H groups in total. The van der Waals surface area contributed by atoms with E-state index in [1.165, 1.54) is 29.2 Å². The third kappa shape index (κ3) is 4.07. The lowest BCUT2D eigenvalue weighted by molar-refractivity contribution is -0.128. The van der Waals surface area contributed by atoms with Gasteiger partial charge in [-0.3, -0.25) is 14.6 Å². The van der Waals surface area contributed by atoms with Gasteiger partial charge in [0.2, 0.25) is 0 Å². The van der Waals surface area contributed by atoms with E-state index in [2.05, 4.69) is 0 Å². The summed E-state index contributed by atoms with van der Waals surface area (Å²) in [7, 11) is 1.56. The van der Waals surface area contributed by atoms with Crippen LogP contribution in [-0.4, -0.2) is 54.4 Å². The van der Waals surface area contributed by atoms with Crippen LogP contribution in [0.3, 0.4) is 0 Å². The molecule has 8 heteroatoms. The van der Waals surface area contributed by atoms with Crippen molar-refractivity contribution in [3.63, 3.8) is 0 Å². The summed E-state index contributed by atoms with van der Waals surface area (Å²) in [6.45, 7) is 1.30. The Morgan fingerprint density at radius 3 is 2.29 bits per heavy atom. The minimum atomic E-state index is -1.06. The van der Waals surface area contributed by atoms with Crippen LogP contribution in [0.1, 0.15) is 6.92 Å². The zero-order chi connectivity index (χ0) is 20.3. The topological polar surface area (TPSA) is 79.3 Å². The second-order valence-electron chi connectivity index (χ2n) is 6.39. The zero-order valence-electron chi connectivity index (χ0n) is 15.5. The normalized spacial score (nSPS) is 17.8. The molecule has 0 aliphatic carbocycles. The van der Waals surface area contributed by atoms with Gasteiger partial charge in [-0.2, -0.15) is 0 Å². The van der Waals surface area contributed by atoms with E-state index in [0.29, 0.717) is 17.2 Å². The Hall–Kier alpha value is -3.13. The van der Waals surface area contributed by atoms with Crippen molar-refractivity contribution in [2.24, 2.45) is 0 Å². The number of halogens is 1. The third-order valence-corrected chi connectivity index (χ3v) is 4.45. The number of hydrogen-bond donors (Lipinski definition) is 1. The van der Waals surface area contributed by atoms with E-state index in [9.17, 15) is 19.1 Å². The number of β-amino-alcohol motifs (C(OH)–C–C–N with tert-alkyl or cyclic N) is 1. The molecule has 3 rings (SSSR count). The maximum absolute atomic E-state index is 13.1. The lowest BCUT2D eigenvalue weighted by Gasteiger charge is -2.20. The monoisotopic (exact) mass is 388 g/mol. The van der Waals surface area contributed by atoms with Gasteiger partial charge in [-0.25, -0.2) is 9.18 Å². The Kier molecular flexibility index (Phi) is 5.79. The lowest BCUT2D eigenvalue weighted by Crippen LogP contribution is -2.40. The molecule has 1 aliphatic rings. The van der Waals surface area contributed by atoms with Crippen molar-refractivity contribution in [3.8, 4) is 11.5 Å². The SMILES string of the molecule is COc1ccc(OCC(O)CN2C(=O)C(C)N(c3ccc(F)cc3)C2=O)cc1. The molecule has 0 radical (unpaired) electrons. The number of carbonyl (C=O) groups excluding carboxylic acids is 2. The van der Waals surface area contributed by atoms with Gasteiger partial charge < -0.3 is 14.6 Å². The molecule has 0 aromatic heterocycles. The van der Waals surface area contributed by atoms with Crippen LogP contribution in [0.2, 0.25) is 0 Å². The average molecular weight is 388 g/mol. The van der Waals surface area contributed by atoms with Gasteiger partial charge in [0.15, 0.2) is 0 Å². The van der Waals surface area contributed by atoms with Crippen LogP contribution >= 0.6 is 0 Å². The van der Waals surface area contributed by atoms with E-state index < -0.39 is 29.9 Å². The highest BCUT2D eigenvalue weighted by Gasteiger charge is 2.43. The molecule has 0 bridgehead atoms. The predicted molar refractivity (Wildman–Crippen MR) is 99.9 cm³/mol. The predicted octanol–water partition coefficient (Wildman–Crippen LogP) is 2.43. The summed E-state index contributed by atoms with van der Waals surface area (Å²) in [5, 5.41) is 10.2. The number of urea groups is 1. The van der Waals surface area contributed by atoms with Gasteiger partial charge in [0.25, 0.3) is 5.91 Å². The van der Waals surface area contributed by atoms with Crippen molar-refractivity contribution < 1.29 is 28.6 Å². The first-order valence-electron chi connectivity index (χ1n) is 8.75. The molecule has 0 saturated carbocycles. The fraction of sp³-hybridized carbons (Fsp3) is 0.300. The molecule has 2 unspecified atom stereocenters. The van der Waals surface area contributed by atoms with Gasteiger partial charge in [-0.05, 0) is 55.5 Å². The summed E-state index contributed by atoms with van der Waals surface area (Å²) in [4.78, 5) is 27.4. The van der Waals surface area contributed by atoms with Gasteiger partial charge in [0.1, 0.15) is 36.1 Å². The zero-order valence-corrected chi connectivity index (χ0v) is 15.5. The van der Waals surface area contributed by atoms with Crippen molar-refractivity contribution in [1.82, 2.24) is 4.90 Å². The number of nitrogens with zero attached hydrogens (tertiary/aromatic N) is 2. The quantitative estimate of drug-likeness (QED) is 0.737.